The second-order valence-electron chi connectivity index (χ2n) is 7.28. The summed E-state index contributed by atoms with van der Waals surface area (Å²) in [6, 6.07) is 7.22. The van der Waals surface area contributed by atoms with Gasteiger partial charge < -0.3 is 20.1 Å². The first-order chi connectivity index (χ1) is 13.0. The Morgan fingerprint density at radius 2 is 2.22 bits per heavy atom. The summed E-state index contributed by atoms with van der Waals surface area (Å²) in [6.07, 6.45) is 1.00. The Labute approximate surface area is 164 Å². The van der Waals surface area contributed by atoms with Crippen LogP contribution in [0.1, 0.15) is 38.3 Å². The average Bonchev–Trinajstić information content (AvgIpc) is 2.67. The van der Waals surface area contributed by atoms with E-state index < -0.39 is 0 Å². The molecule has 2 unspecified atom stereocenters. The summed E-state index contributed by atoms with van der Waals surface area (Å²) >= 11 is 0. The Kier molecular flexibility index (Phi) is 8.88. The fraction of sp³-hybridized carbons (Fsp3) is 0.667. The molecule has 0 spiro atoms. The predicted octanol–water partition coefficient (Wildman–Crippen LogP) is 2.56. The van der Waals surface area contributed by atoms with Gasteiger partial charge in [0.15, 0.2) is 5.96 Å². The van der Waals surface area contributed by atoms with Crippen molar-refractivity contribution in [1.29, 1.82) is 0 Å². The van der Waals surface area contributed by atoms with Crippen molar-refractivity contribution in [3.63, 3.8) is 0 Å². The van der Waals surface area contributed by atoms with Gasteiger partial charge in [0.1, 0.15) is 5.75 Å². The summed E-state index contributed by atoms with van der Waals surface area (Å²) in [5.41, 5.74) is 2.35. The van der Waals surface area contributed by atoms with Crippen LogP contribution in [-0.2, 0) is 11.3 Å². The van der Waals surface area contributed by atoms with Crippen molar-refractivity contribution in [3.8, 4) is 5.75 Å². The normalized spacial score (nSPS) is 19.6. The molecule has 0 aliphatic carbocycles. The van der Waals surface area contributed by atoms with Crippen molar-refractivity contribution in [3.05, 3.63) is 29.3 Å². The van der Waals surface area contributed by atoms with E-state index in [1.54, 1.807) is 7.05 Å². The van der Waals surface area contributed by atoms with Crippen molar-refractivity contribution in [2.45, 2.75) is 52.7 Å². The minimum absolute atomic E-state index is 0.422. The zero-order valence-corrected chi connectivity index (χ0v) is 17.5. The van der Waals surface area contributed by atoms with E-state index in [4.69, 9.17) is 9.47 Å². The van der Waals surface area contributed by atoms with Crippen molar-refractivity contribution in [1.82, 2.24) is 15.5 Å². The Morgan fingerprint density at radius 1 is 1.41 bits per heavy atom. The zero-order chi connectivity index (χ0) is 19.6. The number of hydrogen-bond acceptors (Lipinski definition) is 4. The highest BCUT2D eigenvalue weighted by Crippen LogP contribution is 2.20. The molecule has 1 aliphatic rings. The van der Waals surface area contributed by atoms with Crippen LogP contribution in [0.15, 0.2) is 23.2 Å². The molecule has 1 aromatic carbocycles. The lowest BCUT2D eigenvalue weighted by Gasteiger charge is -2.38. The minimum atomic E-state index is 0.422. The topological polar surface area (TPSA) is 58.1 Å². The Bertz CT molecular complexity index is 606. The molecule has 6 heteroatoms. The molecular formula is C21H36N4O2. The third-order valence-corrected chi connectivity index (χ3v) is 4.90. The van der Waals surface area contributed by atoms with Crippen LogP contribution in [0.5, 0.6) is 5.75 Å². The van der Waals surface area contributed by atoms with Crippen LogP contribution >= 0.6 is 0 Å². The molecule has 27 heavy (non-hydrogen) atoms. The molecule has 0 saturated carbocycles. The van der Waals surface area contributed by atoms with E-state index in [2.05, 4.69) is 66.4 Å². The molecular weight excluding hydrogens is 340 g/mol. The predicted molar refractivity (Wildman–Crippen MR) is 112 cm³/mol. The molecule has 2 atom stereocenters. The quantitative estimate of drug-likeness (QED) is 0.539. The van der Waals surface area contributed by atoms with Gasteiger partial charge in [-0.3, -0.25) is 9.89 Å². The van der Waals surface area contributed by atoms with Gasteiger partial charge in [0.2, 0.25) is 0 Å². The summed E-state index contributed by atoms with van der Waals surface area (Å²) in [4.78, 5) is 6.85. The first kappa shape index (κ1) is 21.5. The summed E-state index contributed by atoms with van der Waals surface area (Å²) in [6.45, 7) is 13.5. The van der Waals surface area contributed by atoms with Crippen LogP contribution in [0, 0.1) is 6.92 Å². The third-order valence-electron chi connectivity index (χ3n) is 4.90. The first-order valence-electron chi connectivity index (χ1n) is 10.1. The van der Waals surface area contributed by atoms with E-state index in [1.165, 1.54) is 5.56 Å². The van der Waals surface area contributed by atoms with Crippen LogP contribution in [0.3, 0.4) is 0 Å². The smallest absolute Gasteiger partial charge is 0.191 e. The number of benzene rings is 1. The number of nitrogens with one attached hydrogen (secondary N) is 2. The largest absolute Gasteiger partial charge is 0.493 e. The van der Waals surface area contributed by atoms with Gasteiger partial charge in [-0.25, -0.2) is 0 Å². The van der Waals surface area contributed by atoms with Crippen LogP contribution in [0.2, 0.25) is 0 Å². The lowest BCUT2D eigenvalue weighted by molar-refractivity contribution is -0.0174. The molecule has 1 saturated heterocycles. The van der Waals surface area contributed by atoms with E-state index in [0.29, 0.717) is 18.6 Å². The summed E-state index contributed by atoms with van der Waals surface area (Å²) in [5.74, 6) is 1.76. The van der Waals surface area contributed by atoms with E-state index in [-0.39, 0.29) is 0 Å². The number of ether oxygens (including phenoxy) is 2. The SMILES string of the molecule is CCCOc1cc(C)ccc1CNC(=NC)NCC(C)N1CCOCC1C. The second kappa shape index (κ2) is 11.1. The Morgan fingerprint density at radius 3 is 2.93 bits per heavy atom. The van der Waals surface area contributed by atoms with Gasteiger partial charge in [-0.05, 0) is 38.8 Å². The van der Waals surface area contributed by atoms with Gasteiger partial charge in [0, 0.05) is 44.3 Å². The number of rotatable bonds is 8. The average molecular weight is 377 g/mol. The van der Waals surface area contributed by atoms with Crippen molar-refractivity contribution in [2.24, 2.45) is 4.99 Å². The van der Waals surface area contributed by atoms with Crippen LogP contribution in [-0.4, -0.2) is 62.9 Å². The van der Waals surface area contributed by atoms with Crippen LogP contribution < -0.4 is 15.4 Å². The van der Waals surface area contributed by atoms with Gasteiger partial charge >= 0.3 is 0 Å². The molecule has 2 rings (SSSR count). The maximum atomic E-state index is 5.90. The summed E-state index contributed by atoms with van der Waals surface area (Å²) in [7, 11) is 1.81. The molecule has 6 nitrogen and oxygen atoms in total. The van der Waals surface area contributed by atoms with Gasteiger partial charge in [0.25, 0.3) is 0 Å². The van der Waals surface area contributed by atoms with E-state index >= 15 is 0 Å². The number of aryl methyl sites for hydroxylation is 1. The molecule has 1 heterocycles. The fourth-order valence-corrected chi connectivity index (χ4v) is 3.31. The Hall–Kier alpha value is -1.79. The Balaban J connectivity index is 1.86. The number of nitrogens with zero attached hydrogens (tertiary/aromatic N) is 2. The number of aliphatic imine (C=N–C) groups is 1. The van der Waals surface area contributed by atoms with Crippen LogP contribution in [0.4, 0.5) is 0 Å². The summed E-state index contributed by atoms with van der Waals surface area (Å²) in [5, 5.41) is 6.85. The van der Waals surface area contributed by atoms with E-state index in [0.717, 1.165) is 56.6 Å². The van der Waals surface area contributed by atoms with Gasteiger partial charge in [-0.15, -0.1) is 0 Å². The molecule has 1 aromatic rings. The van der Waals surface area contributed by atoms with Gasteiger partial charge in [-0.1, -0.05) is 19.1 Å². The molecule has 1 aliphatic heterocycles. The minimum Gasteiger partial charge on any atom is -0.493 e. The van der Waals surface area contributed by atoms with E-state index in [1.807, 2.05) is 0 Å². The lowest BCUT2D eigenvalue weighted by atomic mass is 10.1. The van der Waals surface area contributed by atoms with Crippen LogP contribution in [0.25, 0.3) is 0 Å². The number of morpholine rings is 1. The van der Waals surface area contributed by atoms with Crippen molar-refractivity contribution < 1.29 is 9.47 Å². The van der Waals surface area contributed by atoms with Crippen molar-refractivity contribution >= 4 is 5.96 Å². The maximum absolute atomic E-state index is 5.90. The lowest BCUT2D eigenvalue weighted by Crippen LogP contribution is -2.52. The molecule has 0 bridgehead atoms. The van der Waals surface area contributed by atoms with Crippen molar-refractivity contribution in [2.75, 3.05) is 40.0 Å². The van der Waals surface area contributed by atoms with E-state index in [9.17, 15) is 0 Å². The second-order valence-corrected chi connectivity index (χ2v) is 7.28. The first-order valence-corrected chi connectivity index (χ1v) is 10.1. The molecule has 0 aromatic heterocycles. The zero-order valence-electron chi connectivity index (χ0n) is 17.5. The third kappa shape index (κ3) is 6.70. The molecule has 2 N–H and O–H groups in total. The summed E-state index contributed by atoms with van der Waals surface area (Å²) < 4.78 is 11.4. The molecule has 152 valence electrons. The number of guanidine groups is 1. The standard InChI is InChI=1S/C21H36N4O2/c1-6-10-27-20-12-16(2)7-8-19(20)14-24-21(22-5)23-13-17(3)25-9-11-26-15-18(25)4/h7-8,12,17-18H,6,9-11,13-15H2,1-5H3,(H2,22,23,24). The molecule has 0 radical (unpaired) electrons. The highest BCUT2D eigenvalue weighted by Gasteiger charge is 2.23. The monoisotopic (exact) mass is 376 g/mol. The molecule has 0 amide bonds. The number of hydrogen-bond donors (Lipinski definition) is 2. The molecule has 1 fully saturated rings. The maximum Gasteiger partial charge on any atom is 0.191 e. The van der Waals surface area contributed by atoms with Gasteiger partial charge in [0.05, 0.1) is 19.8 Å². The highest BCUT2D eigenvalue weighted by molar-refractivity contribution is 5.79. The highest BCUT2D eigenvalue weighted by atomic mass is 16.5. The fourth-order valence-electron chi connectivity index (χ4n) is 3.31. The van der Waals surface area contributed by atoms with Gasteiger partial charge in [-0.2, -0.15) is 0 Å².